The average molecular weight is 273 g/mol. The van der Waals surface area contributed by atoms with Crippen molar-refractivity contribution < 1.29 is 13.9 Å². The predicted molar refractivity (Wildman–Crippen MR) is 74.7 cm³/mol. The lowest BCUT2D eigenvalue weighted by atomic mass is 9.90. The van der Waals surface area contributed by atoms with E-state index in [9.17, 15) is 4.39 Å². The van der Waals surface area contributed by atoms with E-state index in [4.69, 9.17) is 15.2 Å². The van der Waals surface area contributed by atoms with Crippen LogP contribution in [0, 0.1) is 5.82 Å². The van der Waals surface area contributed by atoms with E-state index in [2.05, 4.69) is 0 Å². The van der Waals surface area contributed by atoms with Gasteiger partial charge in [-0.2, -0.15) is 0 Å². The first-order valence-corrected chi connectivity index (χ1v) is 6.63. The predicted octanol–water partition coefficient (Wildman–Crippen LogP) is 2.69. The standard InChI is InChI=1S/C16H16FNO2/c17-14-4-2-1-3-12(14)13(10-18)11-5-6-15-16(9-11)20-8-7-19-15/h1-6,9,13H,7-8,10,18H2. The van der Waals surface area contributed by atoms with E-state index in [1.165, 1.54) is 6.07 Å². The van der Waals surface area contributed by atoms with Gasteiger partial charge in [0, 0.05) is 12.5 Å². The summed E-state index contributed by atoms with van der Waals surface area (Å²) in [6, 6.07) is 12.4. The fraction of sp³-hybridized carbons (Fsp3) is 0.250. The Kier molecular flexibility index (Phi) is 3.56. The number of hydrogen-bond acceptors (Lipinski definition) is 3. The van der Waals surface area contributed by atoms with Gasteiger partial charge in [-0.05, 0) is 29.3 Å². The highest BCUT2D eigenvalue weighted by molar-refractivity contribution is 5.47. The molecule has 1 atom stereocenters. The van der Waals surface area contributed by atoms with E-state index in [1.807, 2.05) is 24.3 Å². The van der Waals surface area contributed by atoms with E-state index in [0.29, 0.717) is 31.1 Å². The summed E-state index contributed by atoms with van der Waals surface area (Å²) in [5.74, 6) is 0.998. The monoisotopic (exact) mass is 273 g/mol. The summed E-state index contributed by atoms with van der Waals surface area (Å²) >= 11 is 0. The molecular formula is C16H16FNO2. The normalized spacial score (nSPS) is 14.9. The van der Waals surface area contributed by atoms with Crippen molar-refractivity contribution in [3.8, 4) is 11.5 Å². The number of ether oxygens (including phenoxy) is 2. The van der Waals surface area contributed by atoms with Crippen LogP contribution in [0.4, 0.5) is 4.39 Å². The smallest absolute Gasteiger partial charge is 0.161 e. The molecule has 0 spiro atoms. The minimum absolute atomic E-state index is 0.188. The maximum absolute atomic E-state index is 13.9. The van der Waals surface area contributed by atoms with Gasteiger partial charge >= 0.3 is 0 Å². The number of nitrogens with two attached hydrogens (primary N) is 1. The van der Waals surface area contributed by atoms with Gasteiger partial charge in [0.05, 0.1) is 0 Å². The lowest BCUT2D eigenvalue weighted by Crippen LogP contribution is -2.18. The fourth-order valence-electron chi connectivity index (χ4n) is 2.48. The van der Waals surface area contributed by atoms with Crippen LogP contribution in [0.3, 0.4) is 0 Å². The van der Waals surface area contributed by atoms with E-state index in [0.717, 1.165) is 11.3 Å². The minimum Gasteiger partial charge on any atom is -0.486 e. The van der Waals surface area contributed by atoms with E-state index in [-0.39, 0.29) is 11.7 Å². The van der Waals surface area contributed by atoms with Gasteiger partial charge < -0.3 is 15.2 Å². The highest BCUT2D eigenvalue weighted by atomic mass is 19.1. The van der Waals surface area contributed by atoms with Crippen LogP contribution in [-0.2, 0) is 0 Å². The number of rotatable bonds is 3. The van der Waals surface area contributed by atoms with Crippen molar-refractivity contribution in [3.05, 3.63) is 59.4 Å². The second kappa shape index (κ2) is 5.51. The molecule has 0 aromatic heterocycles. The third-order valence-electron chi connectivity index (χ3n) is 3.48. The molecule has 2 aromatic carbocycles. The van der Waals surface area contributed by atoms with Gasteiger partial charge in [-0.3, -0.25) is 0 Å². The largest absolute Gasteiger partial charge is 0.486 e. The molecule has 1 aliphatic heterocycles. The fourth-order valence-corrected chi connectivity index (χ4v) is 2.48. The first kappa shape index (κ1) is 12.9. The Labute approximate surface area is 117 Å². The topological polar surface area (TPSA) is 44.5 Å². The molecule has 0 saturated heterocycles. The van der Waals surface area contributed by atoms with Crippen LogP contribution < -0.4 is 15.2 Å². The molecular weight excluding hydrogens is 257 g/mol. The van der Waals surface area contributed by atoms with Crippen LogP contribution >= 0.6 is 0 Å². The lowest BCUT2D eigenvalue weighted by molar-refractivity contribution is 0.171. The highest BCUT2D eigenvalue weighted by Crippen LogP contribution is 2.35. The van der Waals surface area contributed by atoms with Crippen molar-refractivity contribution in [2.24, 2.45) is 5.73 Å². The molecule has 1 aliphatic rings. The van der Waals surface area contributed by atoms with Gasteiger partial charge in [0.2, 0.25) is 0 Å². The first-order valence-electron chi connectivity index (χ1n) is 6.63. The van der Waals surface area contributed by atoms with Crippen LogP contribution in [-0.4, -0.2) is 19.8 Å². The number of hydrogen-bond donors (Lipinski definition) is 1. The average Bonchev–Trinajstić information content (AvgIpc) is 2.50. The number of fused-ring (bicyclic) bond motifs is 1. The molecule has 0 fully saturated rings. The van der Waals surface area contributed by atoms with E-state index < -0.39 is 0 Å². The molecule has 3 nitrogen and oxygen atoms in total. The molecule has 104 valence electrons. The molecule has 0 saturated carbocycles. The van der Waals surface area contributed by atoms with Crippen molar-refractivity contribution in [1.29, 1.82) is 0 Å². The van der Waals surface area contributed by atoms with Gasteiger partial charge in [-0.15, -0.1) is 0 Å². The third kappa shape index (κ3) is 2.34. The maximum atomic E-state index is 13.9. The summed E-state index contributed by atoms with van der Waals surface area (Å²) in [5, 5.41) is 0. The molecule has 4 heteroatoms. The highest BCUT2D eigenvalue weighted by Gasteiger charge is 2.19. The molecule has 0 bridgehead atoms. The Hall–Kier alpha value is -2.07. The third-order valence-corrected chi connectivity index (χ3v) is 3.48. The Balaban J connectivity index is 1.99. The van der Waals surface area contributed by atoms with Crippen LogP contribution in [0.5, 0.6) is 11.5 Å². The van der Waals surface area contributed by atoms with Gasteiger partial charge in [0.1, 0.15) is 19.0 Å². The zero-order valence-electron chi connectivity index (χ0n) is 11.0. The zero-order chi connectivity index (χ0) is 13.9. The van der Waals surface area contributed by atoms with E-state index in [1.54, 1.807) is 12.1 Å². The van der Waals surface area contributed by atoms with Crippen molar-refractivity contribution in [1.82, 2.24) is 0 Å². The van der Waals surface area contributed by atoms with Crippen LogP contribution in [0.15, 0.2) is 42.5 Å². The Morgan fingerprint density at radius 1 is 1.05 bits per heavy atom. The molecule has 3 rings (SSSR count). The Morgan fingerprint density at radius 3 is 2.55 bits per heavy atom. The van der Waals surface area contributed by atoms with Crippen molar-refractivity contribution in [2.75, 3.05) is 19.8 Å². The summed E-state index contributed by atoms with van der Waals surface area (Å²) < 4.78 is 25.0. The van der Waals surface area contributed by atoms with Crippen LogP contribution in [0.2, 0.25) is 0 Å². The molecule has 1 heterocycles. The van der Waals surface area contributed by atoms with E-state index >= 15 is 0 Å². The van der Waals surface area contributed by atoms with Gasteiger partial charge in [-0.25, -0.2) is 4.39 Å². The van der Waals surface area contributed by atoms with Crippen molar-refractivity contribution >= 4 is 0 Å². The molecule has 1 unspecified atom stereocenters. The quantitative estimate of drug-likeness (QED) is 0.935. The summed E-state index contributed by atoms with van der Waals surface area (Å²) in [6.07, 6.45) is 0. The molecule has 2 N–H and O–H groups in total. The van der Waals surface area contributed by atoms with Gasteiger partial charge in [0.25, 0.3) is 0 Å². The van der Waals surface area contributed by atoms with Gasteiger partial charge in [-0.1, -0.05) is 24.3 Å². The Bertz CT molecular complexity index is 615. The first-order chi connectivity index (χ1) is 9.79. The summed E-state index contributed by atoms with van der Waals surface area (Å²) in [5.41, 5.74) is 7.38. The second-order valence-corrected chi connectivity index (χ2v) is 4.71. The van der Waals surface area contributed by atoms with Crippen LogP contribution in [0.25, 0.3) is 0 Å². The SMILES string of the molecule is NCC(c1ccc2c(c1)OCCO2)c1ccccc1F. The van der Waals surface area contributed by atoms with Crippen LogP contribution in [0.1, 0.15) is 17.0 Å². The van der Waals surface area contributed by atoms with Gasteiger partial charge in [0.15, 0.2) is 11.5 Å². The molecule has 20 heavy (non-hydrogen) atoms. The molecule has 0 amide bonds. The summed E-state index contributed by atoms with van der Waals surface area (Å²) in [7, 11) is 0. The molecule has 2 aromatic rings. The van der Waals surface area contributed by atoms with Crippen molar-refractivity contribution in [3.63, 3.8) is 0 Å². The summed E-state index contributed by atoms with van der Waals surface area (Å²) in [6.45, 7) is 1.42. The van der Waals surface area contributed by atoms with Crippen molar-refractivity contribution in [2.45, 2.75) is 5.92 Å². The number of halogens is 1. The second-order valence-electron chi connectivity index (χ2n) is 4.71. The Morgan fingerprint density at radius 2 is 1.80 bits per heavy atom. The number of benzene rings is 2. The zero-order valence-corrected chi connectivity index (χ0v) is 11.0. The summed E-state index contributed by atoms with van der Waals surface area (Å²) in [4.78, 5) is 0. The molecule has 0 radical (unpaired) electrons. The maximum Gasteiger partial charge on any atom is 0.161 e. The molecule has 0 aliphatic carbocycles. The minimum atomic E-state index is -0.238. The lowest BCUT2D eigenvalue weighted by Gasteiger charge is -2.22.